The van der Waals surface area contributed by atoms with Crippen LogP contribution in [0.4, 0.5) is 10.1 Å². The summed E-state index contributed by atoms with van der Waals surface area (Å²) in [4.78, 5) is 0. The van der Waals surface area contributed by atoms with Gasteiger partial charge in [0.2, 0.25) is 0 Å². The van der Waals surface area contributed by atoms with E-state index in [4.69, 9.17) is 0 Å². The molecule has 0 atom stereocenters. The molecule has 21 heavy (non-hydrogen) atoms. The maximum Gasteiger partial charge on any atom is 0.301 e. The van der Waals surface area contributed by atoms with Crippen LogP contribution in [-0.4, -0.2) is 38.9 Å². The van der Waals surface area contributed by atoms with E-state index in [9.17, 15) is 12.8 Å². The Kier molecular flexibility index (Phi) is 5.59. The minimum atomic E-state index is -3.74. The van der Waals surface area contributed by atoms with Crippen LogP contribution in [0.25, 0.3) is 0 Å². The highest BCUT2D eigenvalue weighted by atomic mass is 79.9. The molecule has 0 amide bonds. The molecule has 8 heteroatoms. The van der Waals surface area contributed by atoms with E-state index < -0.39 is 16.0 Å². The number of halogens is 2. The lowest BCUT2D eigenvalue weighted by Gasteiger charge is -2.18. The van der Waals surface area contributed by atoms with Crippen LogP contribution in [0.5, 0.6) is 0 Å². The largest absolute Gasteiger partial charge is 0.314 e. The third-order valence-electron chi connectivity index (χ3n) is 3.24. The summed E-state index contributed by atoms with van der Waals surface area (Å²) in [7, 11) is -2.26. The minimum absolute atomic E-state index is 0.0627. The van der Waals surface area contributed by atoms with Gasteiger partial charge < -0.3 is 5.32 Å². The average molecular weight is 380 g/mol. The van der Waals surface area contributed by atoms with Gasteiger partial charge in [-0.3, -0.25) is 4.72 Å². The van der Waals surface area contributed by atoms with Crippen LogP contribution in [0, 0.1) is 5.82 Å². The van der Waals surface area contributed by atoms with E-state index in [0.29, 0.717) is 17.1 Å². The molecule has 1 aliphatic carbocycles. The predicted molar refractivity (Wildman–Crippen MR) is 84.9 cm³/mol. The van der Waals surface area contributed by atoms with E-state index >= 15 is 0 Å². The average Bonchev–Trinajstić information content (AvgIpc) is 3.22. The van der Waals surface area contributed by atoms with Crippen LogP contribution in [-0.2, 0) is 10.2 Å². The van der Waals surface area contributed by atoms with Crippen molar-refractivity contribution in [2.45, 2.75) is 25.3 Å². The van der Waals surface area contributed by atoms with Crippen LogP contribution in [0.3, 0.4) is 0 Å². The first kappa shape index (κ1) is 16.7. The van der Waals surface area contributed by atoms with Crippen molar-refractivity contribution in [3.63, 3.8) is 0 Å². The molecule has 1 saturated carbocycles. The Balaban J connectivity index is 1.88. The highest BCUT2D eigenvalue weighted by molar-refractivity contribution is 9.10. The predicted octanol–water partition coefficient (Wildman–Crippen LogP) is 2.32. The molecular weight excluding hydrogens is 361 g/mol. The minimum Gasteiger partial charge on any atom is -0.314 e. The van der Waals surface area contributed by atoms with Gasteiger partial charge in [0.1, 0.15) is 5.82 Å². The third-order valence-corrected chi connectivity index (χ3v) is 5.21. The maximum absolute atomic E-state index is 13.6. The van der Waals surface area contributed by atoms with Gasteiger partial charge in [-0.25, -0.2) is 4.39 Å². The van der Waals surface area contributed by atoms with Gasteiger partial charge in [0.05, 0.1) is 5.69 Å². The molecule has 1 aromatic carbocycles. The van der Waals surface area contributed by atoms with Gasteiger partial charge >= 0.3 is 10.2 Å². The van der Waals surface area contributed by atoms with Gasteiger partial charge in [-0.05, 0) is 44.0 Å². The van der Waals surface area contributed by atoms with Crippen LogP contribution in [0.2, 0.25) is 0 Å². The number of hydrogen-bond acceptors (Lipinski definition) is 3. The lowest BCUT2D eigenvalue weighted by atomic mass is 10.3. The Morgan fingerprint density at radius 2 is 2.14 bits per heavy atom. The van der Waals surface area contributed by atoms with Crippen LogP contribution in [0.1, 0.15) is 19.3 Å². The monoisotopic (exact) mass is 379 g/mol. The second-order valence-corrected chi connectivity index (χ2v) is 7.83. The Morgan fingerprint density at radius 3 is 2.81 bits per heavy atom. The zero-order chi connectivity index (χ0) is 15.5. The van der Waals surface area contributed by atoms with Crippen LogP contribution >= 0.6 is 15.9 Å². The van der Waals surface area contributed by atoms with Gasteiger partial charge in [-0.1, -0.05) is 15.9 Å². The molecule has 5 nitrogen and oxygen atoms in total. The fourth-order valence-electron chi connectivity index (χ4n) is 1.81. The van der Waals surface area contributed by atoms with Crippen molar-refractivity contribution >= 4 is 31.8 Å². The molecule has 118 valence electrons. The molecule has 1 fully saturated rings. The molecule has 1 aromatic rings. The zero-order valence-electron chi connectivity index (χ0n) is 11.8. The van der Waals surface area contributed by atoms with Crippen molar-refractivity contribution in [1.29, 1.82) is 0 Å². The molecule has 0 aliphatic heterocycles. The standard InChI is InChI=1S/C13H19BrFN3O2S/c1-18(8-2-7-16-11-4-5-11)21(19,20)17-13-9-10(14)3-6-12(13)15/h3,6,9,11,16-17H,2,4-5,7-8H2,1H3. The number of rotatable bonds is 8. The lowest BCUT2D eigenvalue weighted by Crippen LogP contribution is -2.35. The molecular formula is C13H19BrFN3O2S. The smallest absolute Gasteiger partial charge is 0.301 e. The molecule has 0 aromatic heterocycles. The summed E-state index contributed by atoms with van der Waals surface area (Å²) in [6, 6.07) is 4.73. The van der Waals surface area contributed by atoms with Crippen molar-refractivity contribution in [2.24, 2.45) is 0 Å². The maximum atomic E-state index is 13.6. The first-order chi connectivity index (χ1) is 9.88. The topological polar surface area (TPSA) is 61.4 Å². The Bertz CT molecular complexity index is 593. The first-order valence-corrected chi connectivity index (χ1v) is 9.04. The van der Waals surface area contributed by atoms with E-state index in [2.05, 4.69) is 26.0 Å². The Morgan fingerprint density at radius 1 is 1.43 bits per heavy atom. The van der Waals surface area contributed by atoms with Crippen molar-refractivity contribution in [2.75, 3.05) is 24.9 Å². The number of anilines is 1. The van der Waals surface area contributed by atoms with Crippen molar-refractivity contribution in [3.8, 4) is 0 Å². The van der Waals surface area contributed by atoms with E-state index in [0.717, 1.165) is 13.0 Å². The van der Waals surface area contributed by atoms with Gasteiger partial charge in [0.15, 0.2) is 0 Å². The fourth-order valence-corrected chi connectivity index (χ4v) is 3.13. The van der Waals surface area contributed by atoms with E-state index in [-0.39, 0.29) is 5.69 Å². The fraction of sp³-hybridized carbons (Fsp3) is 0.538. The molecule has 0 bridgehead atoms. The molecule has 0 saturated heterocycles. The molecule has 2 N–H and O–H groups in total. The summed E-state index contributed by atoms with van der Waals surface area (Å²) < 4.78 is 41.9. The number of nitrogens with zero attached hydrogens (tertiary/aromatic N) is 1. The van der Waals surface area contributed by atoms with Gasteiger partial charge in [-0.15, -0.1) is 0 Å². The van der Waals surface area contributed by atoms with Crippen molar-refractivity contribution in [3.05, 3.63) is 28.5 Å². The van der Waals surface area contributed by atoms with Crippen LogP contribution in [0.15, 0.2) is 22.7 Å². The quantitative estimate of drug-likeness (QED) is 0.681. The number of hydrogen-bond donors (Lipinski definition) is 2. The van der Waals surface area contributed by atoms with E-state index in [1.165, 1.54) is 42.4 Å². The van der Waals surface area contributed by atoms with Crippen LogP contribution < -0.4 is 10.0 Å². The molecule has 0 spiro atoms. The molecule has 2 rings (SSSR count). The molecule has 1 aliphatic rings. The van der Waals surface area contributed by atoms with E-state index in [1.54, 1.807) is 0 Å². The highest BCUT2D eigenvalue weighted by Gasteiger charge is 2.21. The molecule has 0 heterocycles. The SMILES string of the molecule is CN(CCCNC1CC1)S(=O)(=O)Nc1cc(Br)ccc1F. The molecule has 0 unspecified atom stereocenters. The van der Waals surface area contributed by atoms with Crippen molar-refractivity contribution in [1.82, 2.24) is 9.62 Å². The second kappa shape index (κ2) is 7.04. The van der Waals surface area contributed by atoms with Gasteiger partial charge in [0, 0.05) is 24.1 Å². The zero-order valence-corrected chi connectivity index (χ0v) is 14.2. The summed E-state index contributed by atoms with van der Waals surface area (Å²) in [6.07, 6.45) is 3.13. The van der Waals surface area contributed by atoms with Gasteiger partial charge in [-0.2, -0.15) is 12.7 Å². The Hall–Kier alpha value is -0.700. The molecule has 0 radical (unpaired) electrons. The normalized spacial score (nSPS) is 15.4. The first-order valence-electron chi connectivity index (χ1n) is 6.81. The van der Waals surface area contributed by atoms with Crippen molar-refractivity contribution < 1.29 is 12.8 Å². The second-order valence-electron chi connectivity index (χ2n) is 5.13. The number of nitrogens with one attached hydrogen (secondary N) is 2. The lowest BCUT2D eigenvalue weighted by molar-refractivity contribution is 0.457. The highest BCUT2D eigenvalue weighted by Crippen LogP contribution is 2.21. The summed E-state index contributed by atoms with van der Waals surface area (Å²) >= 11 is 3.19. The summed E-state index contributed by atoms with van der Waals surface area (Å²) in [6.45, 7) is 1.17. The summed E-state index contributed by atoms with van der Waals surface area (Å²) in [5.41, 5.74) is -0.0627. The summed E-state index contributed by atoms with van der Waals surface area (Å²) in [5.74, 6) is -0.606. The van der Waals surface area contributed by atoms with E-state index in [1.807, 2.05) is 0 Å². The van der Waals surface area contributed by atoms with Gasteiger partial charge in [0.25, 0.3) is 0 Å². The Labute approximate surface area is 133 Å². The summed E-state index contributed by atoms with van der Waals surface area (Å²) in [5, 5.41) is 3.32. The third kappa shape index (κ3) is 5.21. The number of benzene rings is 1.